The molecule has 2 N–H and O–H groups in total. The Morgan fingerprint density at radius 1 is 1.32 bits per heavy atom. The van der Waals surface area contributed by atoms with Gasteiger partial charge in [-0.05, 0) is 25.3 Å². The van der Waals surface area contributed by atoms with Crippen molar-refractivity contribution in [3.05, 3.63) is 62.3 Å². The van der Waals surface area contributed by atoms with E-state index in [1.165, 1.54) is 22.9 Å². The highest BCUT2D eigenvalue weighted by molar-refractivity contribution is 6.30. The van der Waals surface area contributed by atoms with Crippen molar-refractivity contribution < 1.29 is 23.8 Å². The number of rotatable bonds is 3. The second-order valence-corrected chi connectivity index (χ2v) is 8.42. The van der Waals surface area contributed by atoms with Crippen LogP contribution in [0.5, 0.6) is 5.75 Å². The molecule has 1 aromatic heterocycles. The van der Waals surface area contributed by atoms with Crippen LogP contribution in [0.1, 0.15) is 45.7 Å². The lowest BCUT2D eigenvalue weighted by molar-refractivity contribution is -0.132. The number of nitrogens with one attached hydrogen (secondary N) is 1. The highest BCUT2D eigenvalue weighted by atomic mass is 35.5. The first kappa shape index (κ1) is 20.0. The molecule has 3 atom stereocenters. The molecule has 2 bridgehead atoms. The van der Waals surface area contributed by atoms with Gasteiger partial charge < -0.3 is 24.6 Å². The van der Waals surface area contributed by atoms with Crippen molar-refractivity contribution in [2.45, 2.75) is 50.7 Å². The van der Waals surface area contributed by atoms with Crippen LogP contribution in [0.3, 0.4) is 0 Å². The van der Waals surface area contributed by atoms with E-state index >= 15 is 0 Å². The van der Waals surface area contributed by atoms with Gasteiger partial charge in [-0.1, -0.05) is 23.7 Å². The Hall–Kier alpha value is -2.91. The number of fused-ring (bicyclic) bond motifs is 5. The molecule has 10 heteroatoms. The molecule has 0 unspecified atom stereocenters. The molecule has 3 heterocycles. The predicted octanol–water partition coefficient (Wildman–Crippen LogP) is 2.01. The summed E-state index contributed by atoms with van der Waals surface area (Å²) in [7, 11) is 0. The zero-order valence-corrected chi connectivity index (χ0v) is 17.1. The molecule has 8 nitrogen and oxygen atoms in total. The number of nitrogens with zero attached hydrogens (tertiary/aromatic N) is 2. The zero-order chi connectivity index (χ0) is 21.9. The smallest absolute Gasteiger partial charge is 0.276 e. The third kappa shape index (κ3) is 3.19. The number of carbonyl (C=O) groups is 2. The number of benzene rings is 1. The zero-order valence-electron chi connectivity index (χ0n) is 16.3. The minimum Gasteiger partial charge on any atom is -0.503 e. The molecule has 2 amide bonds. The summed E-state index contributed by atoms with van der Waals surface area (Å²) in [5.41, 5.74) is -1.29. The van der Waals surface area contributed by atoms with E-state index in [1.54, 1.807) is 11.0 Å². The predicted molar refractivity (Wildman–Crippen MR) is 107 cm³/mol. The standard InChI is InChI=1S/C21H19ClFN3O5/c22-14-3-1-2-10(16(14)23)7-24-20(29)13-8-25-9-15-26(11-4-5-12(6-11)31-15)21(30)17(25)19(28)18(13)27/h1-3,8,11-12,15,28H,4-7,9H2,(H,24,29)/t11-,12+,15+/m0/s1. The Kier molecular flexibility index (Phi) is 4.75. The fourth-order valence-electron chi connectivity index (χ4n) is 4.67. The van der Waals surface area contributed by atoms with Crippen molar-refractivity contribution in [3.63, 3.8) is 0 Å². The molecular weight excluding hydrogens is 429 g/mol. The molecule has 2 aliphatic heterocycles. The Labute approximate surface area is 181 Å². The van der Waals surface area contributed by atoms with Crippen molar-refractivity contribution in [1.29, 1.82) is 0 Å². The maximum Gasteiger partial charge on any atom is 0.276 e. The molecule has 1 aliphatic carbocycles. The first-order valence-corrected chi connectivity index (χ1v) is 10.4. The average Bonchev–Trinajstić information content (AvgIpc) is 3.12. The lowest BCUT2D eigenvalue weighted by atomic mass is 10.1. The Bertz CT molecular complexity index is 1170. The van der Waals surface area contributed by atoms with Gasteiger partial charge in [-0.25, -0.2) is 4.39 Å². The summed E-state index contributed by atoms with van der Waals surface area (Å²) in [5.74, 6) is -2.71. The lowest BCUT2D eigenvalue weighted by Crippen LogP contribution is -2.57. The molecule has 2 fully saturated rings. The van der Waals surface area contributed by atoms with E-state index in [9.17, 15) is 23.9 Å². The summed E-state index contributed by atoms with van der Waals surface area (Å²) in [6.45, 7) is 0.0000983. The van der Waals surface area contributed by atoms with Gasteiger partial charge in [-0.15, -0.1) is 0 Å². The largest absolute Gasteiger partial charge is 0.503 e. The first-order valence-electron chi connectivity index (χ1n) is 10.0. The summed E-state index contributed by atoms with van der Waals surface area (Å²) in [6, 6.07) is 4.41. The average molecular weight is 448 g/mol. The van der Waals surface area contributed by atoms with Crippen molar-refractivity contribution in [2.75, 3.05) is 0 Å². The van der Waals surface area contributed by atoms with Crippen molar-refractivity contribution in [3.8, 4) is 5.75 Å². The number of hydrogen-bond acceptors (Lipinski definition) is 5. The van der Waals surface area contributed by atoms with Crippen LogP contribution in [0, 0.1) is 5.82 Å². The van der Waals surface area contributed by atoms with E-state index in [1.807, 2.05) is 0 Å². The fourth-order valence-corrected chi connectivity index (χ4v) is 4.86. The quantitative estimate of drug-likeness (QED) is 0.749. The Morgan fingerprint density at radius 3 is 2.94 bits per heavy atom. The minimum absolute atomic E-state index is 0.0232. The first-order chi connectivity index (χ1) is 14.8. The van der Waals surface area contributed by atoms with Crippen molar-refractivity contribution >= 4 is 23.4 Å². The molecule has 1 saturated carbocycles. The van der Waals surface area contributed by atoms with E-state index in [4.69, 9.17) is 16.3 Å². The Morgan fingerprint density at radius 2 is 2.13 bits per heavy atom. The molecule has 5 rings (SSSR count). The van der Waals surface area contributed by atoms with Crippen LogP contribution in [0.25, 0.3) is 0 Å². The normalized spacial score (nSPS) is 24.0. The molecule has 2 aromatic rings. The number of aromatic hydroxyl groups is 1. The van der Waals surface area contributed by atoms with Gasteiger partial charge in [-0.3, -0.25) is 14.4 Å². The van der Waals surface area contributed by atoms with E-state index in [0.717, 1.165) is 19.3 Å². The number of ether oxygens (including phenoxy) is 1. The van der Waals surface area contributed by atoms with Crippen LogP contribution < -0.4 is 10.7 Å². The van der Waals surface area contributed by atoms with Crippen LogP contribution in [0.4, 0.5) is 4.39 Å². The molecular formula is C21H19ClFN3O5. The molecule has 162 valence electrons. The summed E-state index contributed by atoms with van der Waals surface area (Å²) in [4.78, 5) is 39.9. The van der Waals surface area contributed by atoms with Crippen LogP contribution in [0.15, 0.2) is 29.2 Å². The van der Waals surface area contributed by atoms with Crippen molar-refractivity contribution in [2.24, 2.45) is 0 Å². The number of amides is 2. The topological polar surface area (TPSA) is 101 Å². The Balaban J connectivity index is 1.44. The summed E-state index contributed by atoms with van der Waals surface area (Å²) in [5, 5.41) is 12.9. The van der Waals surface area contributed by atoms with Gasteiger partial charge in [-0.2, -0.15) is 0 Å². The molecule has 1 aromatic carbocycles. The highest BCUT2D eigenvalue weighted by Crippen LogP contribution is 2.38. The number of halogens is 2. The number of pyridine rings is 1. The van der Waals surface area contributed by atoms with Gasteiger partial charge in [0.05, 0.1) is 17.7 Å². The summed E-state index contributed by atoms with van der Waals surface area (Å²) in [6.07, 6.45) is 3.24. The van der Waals surface area contributed by atoms with Gasteiger partial charge >= 0.3 is 0 Å². The number of carbonyl (C=O) groups excluding carboxylic acids is 2. The maximum atomic E-state index is 14.0. The summed E-state index contributed by atoms with van der Waals surface area (Å²) < 4.78 is 21.4. The molecule has 0 radical (unpaired) electrons. The van der Waals surface area contributed by atoms with Crippen LogP contribution in [-0.4, -0.2) is 44.8 Å². The van der Waals surface area contributed by atoms with Crippen LogP contribution >= 0.6 is 11.6 Å². The van der Waals surface area contributed by atoms with E-state index in [-0.39, 0.29) is 47.1 Å². The molecule has 1 saturated heterocycles. The SMILES string of the molecule is O=C(NCc1cccc(Cl)c1F)c1cn2c(c(O)c1=O)C(=O)N1[C@H]3CC[C@H](C3)O[C@@H]1C2. The van der Waals surface area contributed by atoms with E-state index in [2.05, 4.69) is 5.32 Å². The summed E-state index contributed by atoms with van der Waals surface area (Å²) >= 11 is 5.74. The monoisotopic (exact) mass is 447 g/mol. The number of aromatic nitrogens is 1. The van der Waals surface area contributed by atoms with E-state index < -0.39 is 35.0 Å². The van der Waals surface area contributed by atoms with Gasteiger partial charge in [0.15, 0.2) is 17.7 Å². The van der Waals surface area contributed by atoms with Gasteiger partial charge in [0.1, 0.15) is 11.4 Å². The highest BCUT2D eigenvalue weighted by Gasteiger charge is 2.47. The molecule has 31 heavy (non-hydrogen) atoms. The van der Waals surface area contributed by atoms with Crippen LogP contribution in [-0.2, 0) is 17.8 Å². The van der Waals surface area contributed by atoms with Gasteiger partial charge in [0.2, 0.25) is 5.43 Å². The second kappa shape index (κ2) is 7.35. The minimum atomic E-state index is -0.954. The van der Waals surface area contributed by atoms with Crippen LogP contribution in [0.2, 0.25) is 5.02 Å². The number of hydrogen-bond donors (Lipinski definition) is 2. The second-order valence-electron chi connectivity index (χ2n) is 8.01. The fraction of sp³-hybridized carbons (Fsp3) is 0.381. The maximum absolute atomic E-state index is 14.0. The van der Waals surface area contributed by atoms with Gasteiger partial charge in [0, 0.05) is 24.3 Å². The third-order valence-electron chi connectivity index (χ3n) is 6.17. The third-order valence-corrected chi connectivity index (χ3v) is 6.46. The van der Waals surface area contributed by atoms with E-state index in [0.29, 0.717) is 0 Å². The molecule has 3 aliphatic rings. The van der Waals surface area contributed by atoms with Gasteiger partial charge in [0.25, 0.3) is 11.8 Å². The molecule has 0 spiro atoms. The lowest BCUT2D eigenvalue weighted by Gasteiger charge is -2.44. The van der Waals surface area contributed by atoms with Crippen molar-refractivity contribution in [1.82, 2.24) is 14.8 Å².